The zero-order valence-corrected chi connectivity index (χ0v) is 7.88. The Balaban J connectivity index is 2.21. The summed E-state index contributed by atoms with van der Waals surface area (Å²) in [4.78, 5) is 22.9. The lowest BCUT2D eigenvalue weighted by Gasteiger charge is -2.13. The van der Waals surface area contributed by atoms with Crippen LogP contribution >= 0.6 is 0 Å². The maximum absolute atomic E-state index is 11.7. The van der Waals surface area contributed by atoms with Gasteiger partial charge in [-0.15, -0.1) is 0 Å². The van der Waals surface area contributed by atoms with Gasteiger partial charge in [-0.25, -0.2) is 0 Å². The van der Waals surface area contributed by atoms with E-state index in [0.29, 0.717) is 0 Å². The summed E-state index contributed by atoms with van der Waals surface area (Å²) in [6, 6.07) is 0. The third kappa shape index (κ3) is 3.73. The van der Waals surface area contributed by atoms with Crippen molar-refractivity contribution in [1.29, 1.82) is 0 Å². The standard InChI is InChI=1S/C9H10F3NO2/c10-9(11,12)5-1-2-6-13-7(14)3-4-8(13)15/h3-4H,1-2,5-6H2. The molecule has 0 bridgehead atoms. The predicted molar refractivity (Wildman–Crippen MR) is 45.8 cm³/mol. The highest BCUT2D eigenvalue weighted by Crippen LogP contribution is 2.22. The van der Waals surface area contributed by atoms with Gasteiger partial charge in [0, 0.05) is 25.1 Å². The van der Waals surface area contributed by atoms with E-state index in [2.05, 4.69) is 0 Å². The van der Waals surface area contributed by atoms with Crippen molar-refractivity contribution in [2.75, 3.05) is 6.54 Å². The molecule has 0 aromatic heterocycles. The van der Waals surface area contributed by atoms with Crippen LogP contribution in [0.15, 0.2) is 12.2 Å². The SMILES string of the molecule is O=C1C=CC(=O)N1CCCCC(F)(F)F. The van der Waals surface area contributed by atoms with Gasteiger partial charge in [0.1, 0.15) is 0 Å². The number of nitrogens with zero attached hydrogens (tertiary/aromatic N) is 1. The summed E-state index contributed by atoms with van der Waals surface area (Å²) in [5.41, 5.74) is 0. The van der Waals surface area contributed by atoms with Crippen molar-refractivity contribution in [1.82, 2.24) is 4.90 Å². The number of hydrogen-bond donors (Lipinski definition) is 0. The molecule has 0 spiro atoms. The Labute approximate surface area is 84.5 Å². The van der Waals surface area contributed by atoms with E-state index in [9.17, 15) is 22.8 Å². The highest BCUT2D eigenvalue weighted by atomic mass is 19.4. The summed E-state index contributed by atoms with van der Waals surface area (Å²) in [7, 11) is 0. The second-order valence-corrected chi connectivity index (χ2v) is 3.23. The Bertz CT molecular complexity index is 278. The average Bonchev–Trinajstić information content (AvgIpc) is 2.40. The summed E-state index contributed by atoms with van der Waals surface area (Å²) >= 11 is 0. The van der Waals surface area contributed by atoms with Crippen molar-refractivity contribution < 1.29 is 22.8 Å². The third-order valence-electron chi connectivity index (χ3n) is 1.99. The quantitative estimate of drug-likeness (QED) is 0.534. The first-order chi connectivity index (χ1) is 6.90. The predicted octanol–water partition coefficient (Wildman–Crippen LogP) is 1.64. The van der Waals surface area contributed by atoms with Crippen LogP contribution in [0.5, 0.6) is 0 Å². The molecule has 0 aliphatic carbocycles. The minimum Gasteiger partial charge on any atom is -0.275 e. The number of amides is 2. The molecule has 0 saturated carbocycles. The smallest absolute Gasteiger partial charge is 0.275 e. The number of halogens is 3. The fourth-order valence-electron chi connectivity index (χ4n) is 1.25. The van der Waals surface area contributed by atoms with Crippen molar-refractivity contribution in [2.24, 2.45) is 0 Å². The number of hydrogen-bond acceptors (Lipinski definition) is 2. The zero-order valence-electron chi connectivity index (χ0n) is 7.88. The number of carbonyl (C=O) groups is 2. The van der Waals surface area contributed by atoms with E-state index >= 15 is 0 Å². The van der Waals surface area contributed by atoms with Crippen molar-refractivity contribution in [3.05, 3.63) is 12.2 Å². The Morgan fingerprint density at radius 2 is 1.60 bits per heavy atom. The van der Waals surface area contributed by atoms with E-state index in [-0.39, 0.29) is 19.4 Å². The lowest BCUT2D eigenvalue weighted by Crippen LogP contribution is -2.31. The van der Waals surface area contributed by atoms with E-state index in [1.165, 1.54) is 0 Å². The molecule has 0 aromatic rings. The van der Waals surface area contributed by atoms with E-state index in [1.807, 2.05) is 0 Å². The van der Waals surface area contributed by atoms with Crippen molar-refractivity contribution in [2.45, 2.75) is 25.4 Å². The summed E-state index contributed by atoms with van der Waals surface area (Å²) in [6.45, 7) is 0.0563. The molecule has 84 valence electrons. The minimum atomic E-state index is -4.17. The number of imide groups is 1. The first kappa shape index (κ1) is 11.7. The second-order valence-electron chi connectivity index (χ2n) is 3.23. The monoisotopic (exact) mass is 221 g/mol. The normalized spacial score (nSPS) is 16.6. The van der Waals surface area contributed by atoms with Crippen LogP contribution in [0.1, 0.15) is 19.3 Å². The van der Waals surface area contributed by atoms with E-state index in [4.69, 9.17) is 0 Å². The Kier molecular flexibility index (Phi) is 3.49. The molecular formula is C9H10F3NO2. The first-order valence-electron chi connectivity index (χ1n) is 4.50. The van der Waals surface area contributed by atoms with Gasteiger partial charge >= 0.3 is 6.18 Å². The first-order valence-corrected chi connectivity index (χ1v) is 4.50. The number of unbranched alkanes of at least 4 members (excludes halogenated alkanes) is 1. The van der Waals surface area contributed by atoms with Gasteiger partial charge in [-0.3, -0.25) is 14.5 Å². The molecule has 6 heteroatoms. The molecule has 0 radical (unpaired) electrons. The fraction of sp³-hybridized carbons (Fsp3) is 0.556. The molecular weight excluding hydrogens is 211 g/mol. The lowest BCUT2D eigenvalue weighted by atomic mass is 10.2. The third-order valence-corrected chi connectivity index (χ3v) is 1.99. The largest absolute Gasteiger partial charge is 0.389 e. The van der Waals surface area contributed by atoms with Crippen molar-refractivity contribution >= 4 is 11.8 Å². The molecule has 15 heavy (non-hydrogen) atoms. The molecule has 3 nitrogen and oxygen atoms in total. The molecule has 1 aliphatic rings. The zero-order chi connectivity index (χ0) is 11.5. The van der Waals surface area contributed by atoms with Crippen LogP contribution in [0.3, 0.4) is 0 Å². The van der Waals surface area contributed by atoms with Crippen LogP contribution < -0.4 is 0 Å². The maximum atomic E-state index is 11.7. The Hall–Kier alpha value is -1.33. The molecule has 0 unspecified atom stereocenters. The van der Waals surface area contributed by atoms with Crippen LogP contribution in [0, 0.1) is 0 Å². The molecule has 0 saturated heterocycles. The number of rotatable bonds is 4. The number of alkyl halides is 3. The average molecular weight is 221 g/mol. The van der Waals surface area contributed by atoms with Gasteiger partial charge in [0.2, 0.25) is 0 Å². The van der Waals surface area contributed by atoms with Crippen LogP contribution in [0.2, 0.25) is 0 Å². The second kappa shape index (κ2) is 4.46. The van der Waals surface area contributed by atoms with Gasteiger partial charge in [-0.2, -0.15) is 13.2 Å². The van der Waals surface area contributed by atoms with E-state index in [1.54, 1.807) is 0 Å². The van der Waals surface area contributed by atoms with Crippen LogP contribution in [-0.2, 0) is 9.59 Å². The minimum absolute atomic E-state index is 0.0563. The maximum Gasteiger partial charge on any atom is 0.389 e. The summed E-state index contributed by atoms with van der Waals surface area (Å²) in [5, 5.41) is 0. The summed E-state index contributed by atoms with van der Waals surface area (Å²) in [6.07, 6.45) is -2.70. The van der Waals surface area contributed by atoms with E-state index < -0.39 is 24.4 Å². The molecule has 1 rings (SSSR count). The molecule has 0 atom stereocenters. The van der Waals surface area contributed by atoms with Gasteiger partial charge in [0.15, 0.2) is 0 Å². The molecule has 0 fully saturated rings. The molecule has 0 N–H and O–H groups in total. The summed E-state index contributed by atoms with van der Waals surface area (Å²) in [5.74, 6) is -0.904. The molecule has 2 amide bonds. The highest BCUT2D eigenvalue weighted by Gasteiger charge is 2.27. The number of carbonyl (C=O) groups excluding carboxylic acids is 2. The van der Waals surface area contributed by atoms with Gasteiger partial charge in [-0.05, 0) is 12.8 Å². The highest BCUT2D eigenvalue weighted by molar-refractivity contribution is 6.12. The van der Waals surface area contributed by atoms with Gasteiger partial charge in [0.05, 0.1) is 0 Å². The topological polar surface area (TPSA) is 37.4 Å². The van der Waals surface area contributed by atoms with Crippen LogP contribution in [0.4, 0.5) is 13.2 Å². The van der Waals surface area contributed by atoms with Crippen LogP contribution in [0.25, 0.3) is 0 Å². The van der Waals surface area contributed by atoms with Crippen LogP contribution in [-0.4, -0.2) is 29.4 Å². The molecule has 1 heterocycles. The Morgan fingerprint density at radius 1 is 1.07 bits per heavy atom. The molecule has 0 aromatic carbocycles. The molecule has 1 aliphatic heterocycles. The Morgan fingerprint density at radius 3 is 2.07 bits per heavy atom. The lowest BCUT2D eigenvalue weighted by molar-refractivity contribution is -0.138. The fourth-order valence-corrected chi connectivity index (χ4v) is 1.25. The van der Waals surface area contributed by atoms with Crippen molar-refractivity contribution in [3.63, 3.8) is 0 Å². The van der Waals surface area contributed by atoms with E-state index in [0.717, 1.165) is 17.1 Å². The van der Waals surface area contributed by atoms with Gasteiger partial charge in [-0.1, -0.05) is 0 Å². The van der Waals surface area contributed by atoms with Crippen molar-refractivity contribution in [3.8, 4) is 0 Å². The van der Waals surface area contributed by atoms with Gasteiger partial charge < -0.3 is 0 Å². The summed E-state index contributed by atoms with van der Waals surface area (Å²) < 4.78 is 35.2. The van der Waals surface area contributed by atoms with Gasteiger partial charge in [0.25, 0.3) is 11.8 Å².